The second-order valence-corrected chi connectivity index (χ2v) is 6.58. The fraction of sp³-hybridized carbons (Fsp3) is 0.0556. The SMILES string of the molecule is O=C1NC(=O)C(=Cc2ccc3ncnc(NCc4cccnc4)c3c2)S1. The number of anilines is 1. The zero-order chi connectivity index (χ0) is 17.9. The van der Waals surface area contributed by atoms with Crippen LogP contribution in [0.5, 0.6) is 0 Å². The molecule has 3 heterocycles. The van der Waals surface area contributed by atoms with E-state index in [2.05, 4.69) is 25.6 Å². The molecule has 1 aromatic carbocycles. The fourth-order valence-electron chi connectivity index (χ4n) is 2.57. The summed E-state index contributed by atoms with van der Waals surface area (Å²) in [5, 5.41) is 6.01. The maximum Gasteiger partial charge on any atom is 0.290 e. The van der Waals surface area contributed by atoms with Gasteiger partial charge in [-0.3, -0.25) is 19.9 Å². The number of aromatic nitrogens is 3. The third-order valence-corrected chi connectivity index (χ3v) is 4.59. The summed E-state index contributed by atoms with van der Waals surface area (Å²) < 4.78 is 0. The molecule has 1 aliphatic heterocycles. The average molecular weight is 363 g/mol. The number of fused-ring (bicyclic) bond motifs is 1. The van der Waals surface area contributed by atoms with Gasteiger partial charge in [-0.15, -0.1) is 0 Å². The Bertz CT molecular complexity index is 1040. The Hall–Kier alpha value is -3.26. The normalized spacial score (nSPS) is 15.5. The van der Waals surface area contributed by atoms with Gasteiger partial charge in [-0.05, 0) is 47.2 Å². The number of pyridine rings is 1. The Kier molecular flexibility index (Phi) is 4.32. The third kappa shape index (κ3) is 3.40. The number of thioether (sulfide) groups is 1. The molecule has 1 saturated heterocycles. The van der Waals surface area contributed by atoms with Crippen molar-refractivity contribution in [2.75, 3.05) is 5.32 Å². The van der Waals surface area contributed by atoms with Crippen molar-refractivity contribution in [1.82, 2.24) is 20.3 Å². The minimum atomic E-state index is -0.376. The molecule has 8 heteroatoms. The van der Waals surface area contributed by atoms with Gasteiger partial charge in [-0.25, -0.2) is 9.97 Å². The van der Waals surface area contributed by atoms with Crippen molar-refractivity contribution in [1.29, 1.82) is 0 Å². The van der Waals surface area contributed by atoms with Crippen LogP contribution < -0.4 is 10.6 Å². The van der Waals surface area contributed by atoms with E-state index in [0.717, 1.165) is 33.8 Å². The van der Waals surface area contributed by atoms with E-state index >= 15 is 0 Å². The maximum atomic E-state index is 11.7. The van der Waals surface area contributed by atoms with Gasteiger partial charge in [0.15, 0.2) is 0 Å². The molecule has 1 fully saturated rings. The Balaban J connectivity index is 1.65. The highest BCUT2D eigenvalue weighted by Gasteiger charge is 2.24. The van der Waals surface area contributed by atoms with Crippen LogP contribution in [0.25, 0.3) is 17.0 Å². The first-order valence-electron chi connectivity index (χ1n) is 7.81. The molecular weight excluding hydrogens is 350 g/mol. The molecule has 3 aromatic rings. The second kappa shape index (κ2) is 6.93. The number of hydrogen-bond donors (Lipinski definition) is 2. The molecule has 128 valence electrons. The Morgan fingerprint density at radius 3 is 2.88 bits per heavy atom. The quantitative estimate of drug-likeness (QED) is 0.688. The van der Waals surface area contributed by atoms with Gasteiger partial charge >= 0.3 is 0 Å². The van der Waals surface area contributed by atoms with Gasteiger partial charge in [0.05, 0.1) is 10.4 Å². The van der Waals surface area contributed by atoms with E-state index in [-0.39, 0.29) is 11.1 Å². The molecule has 0 unspecified atom stereocenters. The van der Waals surface area contributed by atoms with Crippen LogP contribution in [0.3, 0.4) is 0 Å². The lowest BCUT2D eigenvalue weighted by Gasteiger charge is -2.09. The molecule has 0 radical (unpaired) electrons. The fourth-order valence-corrected chi connectivity index (χ4v) is 3.25. The number of nitrogens with one attached hydrogen (secondary N) is 2. The molecule has 2 N–H and O–H groups in total. The van der Waals surface area contributed by atoms with E-state index in [1.54, 1.807) is 18.5 Å². The van der Waals surface area contributed by atoms with E-state index < -0.39 is 0 Å². The highest BCUT2D eigenvalue weighted by atomic mass is 32.2. The van der Waals surface area contributed by atoms with Crippen molar-refractivity contribution in [2.45, 2.75) is 6.54 Å². The first kappa shape index (κ1) is 16.2. The van der Waals surface area contributed by atoms with E-state index in [1.165, 1.54) is 6.33 Å². The highest BCUT2D eigenvalue weighted by molar-refractivity contribution is 8.18. The molecular formula is C18H13N5O2S. The highest BCUT2D eigenvalue weighted by Crippen LogP contribution is 2.27. The van der Waals surface area contributed by atoms with Crippen LogP contribution in [0, 0.1) is 0 Å². The molecule has 2 amide bonds. The van der Waals surface area contributed by atoms with Gasteiger partial charge in [0.2, 0.25) is 0 Å². The number of carbonyl (C=O) groups is 2. The summed E-state index contributed by atoms with van der Waals surface area (Å²) in [5.74, 6) is 0.318. The Labute approximate surface area is 153 Å². The minimum absolute atomic E-state index is 0.357. The molecule has 0 spiro atoms. The summed E-state index contributed by atoms with van der Waals surface area (Å²) >= 11 is 0.893. The van der Waals surface area contributed by atoms with Crippen molar-refractivity contribution < 1.29 is 9.59 Å². The van der Waals surface area contributed by atoms with E-state index in [4.69, 9.17) is 0 Å². The Morgan fingerprint density at radius 1 is 1.19 bits per heavy atom. The summed E-state index contributed by atoms with van der Waals surface area (Å²) in [4.78, 5) is 36.1. The summed E-state index contributed by atoms with van der Waals surface area (Å²) in [6, 6.07) is 9.46. The molecule has 1 aliphatic rings. The number of amides is 2. The van der Waals surface area contributed by atoms with Crippen LogP contribution >= 0.6 is 11.8 Å². The minimum Gasteiger partial charge on any atom is -0.365 e. The second-order valence-electron chi connectivity index (χ2n) is 5.57. The van der Waals surface area contributed by atoms with Crippen molar-refractivity contribution >= 4 is 45.7 Å². The number of imide groups is 1. The standard InChI is InChI=1S/C18H13N5O2S/c24-17-15(26-18(25)23-17)7-11-3-4-14-13(6-11)16(22-10-21-14)20-9-12-2-1-5-19-8-12/h1-8,10H,9H2,(H,20,21,22)(H,23,24,25). The number of hydrogen-bond acceptors (Lipinski definition) is 7. The Morgan fingerprint density at radius 2 is 2.12 bits per heavy atom. The van der Waals surface area contributed by atoms with E-state index in [9.17, 15) is 9.59 Å². The lowest BCUT2D eigenvalue weighted by molar-refractivity contribution is -0.115. The van der Waals surface area contributed by atoms with Crippen LogP contribution in [0.4, 0.5) is 10.6 Å². The van der Waals surface area contributed by atoms with Crippen molar-refractivity contribution in [3.63, 3.8) is 0 Å². The smallest absolute Gasteiger partial charge is 0.290 e. The number of nitrogens with zero attached hydrogens (tertiary/aromatic N) is 3. The molecule has 0 atom stereocenters. The largest absolute Gasteiger partial charge is 0.365 e. The molecule has 26 heavy (non-hydrogen) atoms. The van der Waals surface area contributed by atoms with Gasteiger partial charge in [-0.1, -0.05) is 12.1 Å². The summed E-state index contributed by atoms with van der Waals surface area (Å²) in [6.45, 7) is 0.581. The maximum absolute atomic E-state index is 11.7. The first-order valence-corrected chi connectivity index (χ1v) is 8.63. The molecule has 2 aromatic heterocycles. The molecule has 0 aliphatic carbocycles. The molecule has 0 bridgehead atoms. The summed E-state index contributed by atoms with van der Waals surface area (Å²) in [7, 11) is 0. The van der Waals surface area contributed by atoms with Gasteiger partial charge in [-0.2, -0.15) is 0 Å². The summed E-state index contributed by atoms with van der Waals surface area (Å²) in [6.07, 6.45) is 6.71. The van der Waals surface area contributed by atoms with E-state index in [0.29, 0.717) is 17.3 Å². The van der Waals surface area contributed by atoms with Gasteiger partial charge in [0.25, 0.3) is 11.1 Å². The zero-order valence-electron chi connectivity index (χ0n) is 13.5. The lowest BCUT2D eigenvalue weighted by atomic mass is 10.1. The van der Waals surface area contributed by atoms with E-state index in [1.807, 2.05) is 30.3 Å². The molecule has 0 saturated carbocycles. The van der Waals surface area contributed by atoms with Crippen molar-refractivity contribution in [3.8, 4) is 0 Å². The van der Waals surface area contributed by atoms with Crippen LogP contribution in [-0.2, 0) is 11.3 Å². The number of carbonyl (C=O) groups excluding carboxylic acids is 2. The topological polar surface area (TPSA) is 96.9 Å². The zero-order valence-corrected chi connectivity index (χ0v) is 14.3. The monoisotopic (exact) mass is 363 g/mol. The average Bonchev–Trinajstić information content (AvgIpc) is 2.98. The van der Waals surface area contributed by atoms with Crippen LogP contribution in [0.2, 0.25) is 0 Å². The number of benzene rings is 1. The van der Waals surface area contributed by atoms with Gasteiger partial charge in [0.1, 0.15) is 12.1 Å². The first-order chi connectivity index (χ1) is 12.7. The number of rotatable bonds is 4. The van der Waals surface area contributed by atoms with Crippen molar-refractivity contribution in [2.24, 2.45) is 0 Å². The van der Waals surface area contributed by atoms with Crippen LogP contribution in [-0.4, -0.2) is 26.1 Å². The van der Waals surface area contributed by atoms with Gasteiger partial charge in [0, 0.05) is 24.3 Å². The van der Waals surface area contributed by atoms with Crippen molar-refractivity contribution in [3.05, 3.63) is 65.1 Å². The lowest BCUT2D eigenvalue weighted by Crippen LogP contribution is -2.17. The van der Waals surface area contributed by atoms with Gasteiger partial charge < -0.3 is 5.32 Å². The predicted molar refractivity (Wildman–Crippen MR) is 100 cm³/mol. The molecule has 4 rings (SSSR count). The van der Waals surface area contributed by atoms with Crippen LogP contribution in [0.15, 0.2) is 54.0 Å². The summed E-state index contributed by atoms with van der Waals surface area (Å²) in [5.41, 5.74) is 2.62. The predicted octanol–water partition coefficient (Wildman–Crippen LogP) is 2.96. The van der Waals surface area contributed by atoms with Crippen LogP contribution in [0.1, 0.15) is 11.1 Å². The third-order valence-electron chi connectivity index (χ3n) is 3.78. The molecule has 7 nitrogen and oxygen atoms in total.